The molecule has 0 radical (unpaired) electrons. The highest BCUT2D eigenvalue weighted by molar-refractivity contribution is 5.70. The minimum Gasteiger partial charge on any atom is -0.207 e. The van der Waals surface area contributed by atoms with E-state index in [-0.39, 0.29) is 5.82 Å². The van der Waals surface area contributed by atoms with E-state index < -0.39 is 0 Å². The smallest absolute Gasteiger partial charge is 0.127 e. The molecule has 0 amide bonds. The monoisotopic (exact) mass is 358 g/mol. The molecule has 0 aromatic heterocycles. The van der Waals surface area contributed by atoms with Gasteiger partial charge in [-0.15, -0.1) is 0 Å². The van der Waals surface area contributed by atoms with E-state index in [1.54, 1.807) is 6.07 Å². The fraction of sp³-hybridized carbons (Fsp3) is 0.231. The van der Waals surface area contributed by atoms with Crippen LogP contribution in [0, 0.1) is 5.82 Å². The molecule has 3 aromatic carbocycles. The lowest BCUT2D eigenvalue weighted by Gasteiger charge is -2.08. The molecule has 0 spiro atoms. The number of aryl methyl sites for hydroxylation is 2. The third-order valence-electron chi connectivity index (χ3n) is 4.91. The third-order valence-corrected chi connectivity index (χ3v) is 4.91. The zero-order valence-electron chi connectivity index (χ0n) is 16.2. The van der Waals surface area contributed by atoms with Crippen molar-refractivity contribution in [2.75, 3.05) is 0 Å². The van der Waals surface area contributed by atoms with E-state index in [9.17, 15) is 4.39 Å². The van der Waals surface area contributed by atoms with Crippen molar-refractivity contribution in [3.8, 4) is 22.3 Å². The van der Waals surface area contributed by atoms with Gasteiger partial charge in [0.25, 0.3) is 0 Å². The van der Waals surface area contributed by atoms with Crippen LogP contribution in [0.2, 0.25) is 0 Å². The molecule has 0 nitrogen and oxygen atoms in total. The highest BCUT2D eigenvalue weighted by Crippen LogP contribution is 2.27. The van der Waals surface area contributed by atoms with Crippen molar-refractivity contribution in [2.45, 2.75) is 39.5 Å². The Morgan fingerprint density at radius 3 is 1.85 bits per heavy atom. The minimum absolute atomic E-state index is 0.118. The molecule has 0 bridgehead atoms. The van der Waals surface area contributed by atoms with Crippen LogP contribution in [0.25, 0.3) is 22.3 Å². The molecule has 0 heterocycles. The lowest BCUT2D eigenvalue weighted by molar-refractivity contribution is 0.610. The Hall–Kier alpha value is -2.67. The van der Waals surface area contributed by atoms with Gasteiger partial charge in [0.1, 0.15) is 5.82 Å². The summed E-state index contributed by atoms with van der Waals surface area (Å²) in [5, 5.41) is 0. The molecule has 0 fully saturated rings. The van der Waals surface area contributed by atoms with Gasteiger partial charge in [0.05, 0.1) is 0 Å². The van der Waals surface area contributed by atoms with E-state index in [4.69, 9.17) is 0 Å². The summed E-state index contributed by atoms with van der Waals surface area (Å²) in [6.45, 7) is 4.19. The van der Waals surface area contributed by atoms with Crippen LogP contribution in [0.4, 0.5) is 4.39 Å². The second kappa shape index (κ2) is 9.32. The van der Waals surface area contributed by atoms with Gasteiger partial charge in [-0.1, -0.05) is 86.2 Å². The standard InChI is InChI=1S/C26H27F/c1-3-5-6-8-24-17-18-25(19-26(24)27)23-15-13-22(14-16-23)21-11-9-20(7-4-2)10-12-21/h3,5,9-19H,4,6-8H2,1-2H3/b5-3+. The number of hydrogen-bond acceptors (Lipinski definition) is 0. The molecule has 3 rings (SSSR count). The van der Waals surface area contributed by atoms with Crippen molar-refractivity contribution in [1.29, 1.82) is 0 Å². The van der Waals surface area contributed by atoms with Crippen molar-refractivity contribution in [3.63, 3.8) is 0 Å². The molecule has 0 saturated carbocycles. The van der Waals surface area contributed by atoms with Crippen LogP contribution in [0.15, 0.2) is 78.9 Å². The predicted octanol–water partition coefficient (Wildman–Crippen LogP) is 7.62. The Labute approximate surface area is 162 Å². The first-order chi connectivity index (χ1) is 13.2. The molecule has 0 aliphatic heterocycles. The predicted molar refractivity (Wildman–Crippen MR) is 114 cm³/mol. The van der Waals surface area contributed by atoms with Gasteiger partial charge in [-0.25, -0.2) is 4.39 Å². The molecule has 0 saturated heterocycles. The summed E-state index contributed by atoms with van der Waals surface area (Å²) < 4.78 is 14.4. The van der Waals surface area contributed by atoms with E-state index in [1.165, 1.54) is 23.1 Å². The van der Waals surface area contributed by atoms with Gasteiger partial charge >= 0.3 is 0 Å². The maximum absolute atomic E-state index is 14.4. The van der Waals surface area contributed by atoms with Crippen molar-refractivity contribution < 1.29 is 4.39 Å². The van der Waals surface area contributed by atoms with E-state index in [0.29, 0.717) is 0 Å². The average Bonchev–Trinajstić information content (AvgIpc) is 2.70. The van der Waals surface area contributed by atoms with Crippen LogP contribution < -0.4 is 0 Å². The number of halogens is 1. The summed E-state index contributed by atoms with van der Waals surface area (Å²) in [6, 6.07) is 22.7. The van der Waals surface area contributed by atoms with Gasteiger partial charge in [-0.2, -0.15) is 0 Å². The number of benzene rings is 3. The fourth-order valence-corrected chi connectivity index (χ4v) is 3.34. The molecular weight excluding hydrogens is 331 g/mol. The highest BCUT2D eigenvalue weighted by Gasteiger charge is 2.06. The zero-order valence-corrected chi connectivity index (χ0v) is 16.2. The second-order valence-electron chi connectivity index (χ2n) is 6.94. The molecule has 0 aliphatic carbocycles. The van der Waals surface area contributed by atoms with E-state index in [0.717, 1.165) is 36.0 Å². The van der Waals surface area contributed by atoms with Gasteiger partial charge in [0.15, 0.2) is 0 Å². The Bertz CT molecular complexity index is 886. The first-order valence-electron chi connectivity index (χ1n) is 9.80. The molecular formula is C26H27F. The summed E-state index contributed by atoms with van der Waals surface area (Å²) >= 11 is 0. The van der Waals surface area contributed by atoms with Crippen LogP contribution in [-0.4, -0.2) is 0 Å². The number of hydrogen-bond donors (Lipinski definition) is 0. The fourth-order valence-electron chi connectivity index (χ4n) is 3.34. The van der Waals surface area contributed by atoms with Crippen LogP contribution >= 0.6 is 0 Å². The maximum Gasteiger partial charge on any atom is 0.127 e. The molecule has 138 valence electrons. The molecule has 27 heavy (non-hydrogen) atoms. The summed E-state index contributed by atoms with van der Waals surface area (Å²) in [5.74, 6) is -0.118. The normalized spacial score (nSPS) is 11.2. The first kappa shape index (κ1) is 19.1. The highest BCUT2D eigenvalue weighted by atomic mass is 19.1. The lowest BCUT2D eigenvalue weighted by atomic mass is 9.97. The largest absolute Gasteiger partial charge is 0.207 e. The Morgan fingerprint density at radius 1 is 0.741 bits per heavy atom. The van der Waals surface area contributed by atoms with Gasteiger partial charge in [-0.3, -0.25) is 0 Å². The van der Waals surface area contributed by atoms with Crippen LogP contribution in [0.3, 0.4) is 0 Å². The van der Waals surface area contributed by atoms with Crippen molar-refractivity contribution >= 4 is 0 Å². The molecule has 0 atom stereocenters. The Morgan fingerprint density at radius 2 is 1.30 bits per heavy atom. The minimum atomic E-state index is -0.118. The summed E-state index contributed by atoms with van der Waals surface area (Å²) in [5.41, 5.74) is 6.52. The van der Waals surface area contributed by atoms with E-state index in [2.05, 4.69) is 61.5 Å². The topological polar surface area (TPSA) is 0 Å². The van der Waals surface area contributed by atoms with E-state index >= 15 is 0 Å². The maximum atomic E-state index is 14.4. The van der Waals surface area contributed by atoms with Crippen LogP contribution in [0.1, 0.15) is 37.8 Å². The van der Waals surface area contributed by atoms with Gasteiger partial charge in [0.2, 0.25) is 0 Å². The quantitative estimate of drug-likeness (QED) is 0.381. The van der Waals surface area contributed by atoms with Crippen molar-refractivity contribution in [1.82, 2.24) is 0 Å². The van der Waals surface area contributed by atoms with Crippen LogP contribution in [-0.2, 0) is 12.8 Å². The summed E-state index contributed by atoms with van der Waals surface area (Å²) in [7, 11) is 0. The van der Waals surface area contributed by atoms with Gasteiger partial charge in [0, 0.05) is 0 Å². The average molecular weight is 358 g/mol. The number of rotatable bonds is 7. The Balaban J connectivity index is 1.75. The van der Waals surface area contributed by atoms with Gasteiger partial charge in [-0.05, 0) is 65.6 Å². The molecule has 0 aliphatic rings. The first-order valence-corrected chi connectivity index (χ1v) is 9.80. The molecule has 0 unspecified atom stereocenters. The van der Waals surface area contributed by atoms with Crippen molar-refractivity contribution in [2.24, 2.45) is 0 Å². The van der Waals surface area contributed by atoms with Gasteiger partial charge < -0.3 is 0 Å². The molecule has 1 heteroatoms. The molecule has 0 N–H and O–H groups in total. The SMILES string of the molecule is C/C=C/CCc1ccc(-c2ccc(-c3ccc(CCC)cc3)cc2)cc1F. The second-order valence-corrected chi connectivity index (χ2v) is 6.94. The Kier molecular flexibility index (Phi) is 6.59. The van der Waals surface area contributed by atoms with Crippen LogP contribution in [0.5, 0.6) is 0 Å². The number of allylic oxidation sites excluding steroid dienone is 2. The van der Waals surface area contributed by atoms with Crippen molar-refractivity contribution in [3.05, 3.63) is 95.8 Å². The lowest BCUT2D eigenvalue weighted by Crippen LogP contribution is -1.91. The zero-order chi connectivity index (χ0) is 19.1. The van der Waals surface area contributed by atoms with E-state index in [1.807, 2.05) is 25.1 Å². The summed E-state index contributed by atoms with van der Waals surface area (Å²) in [4.78, 5) is 0. The molecule has 3 aromatic rings. The summed E-state index contributed by atoms with van der Waals surface area (Å²) in [6.07, 6.45) is 7.97. The third kappa shape index (κ3) is 4.95.